The van der Waals surface area contributed by atoms with Gasteiger partial charge >= 0.3 is 0 Å². The third-order valence-corrected chi connectivity index (χ3v) is 20.2. The number of hydrogen-bond donors (Lipinski definition) is 0. The molecule has 16 rings (SSSR count). The predicted octanol–water partition coefficient (Wildman–Crippen LogP) is 8.09. The predicted molar refractivity (Wildman–Crippen MR) is 282 cm³/mol. The second-order valence-electron chi connectivity index (χ2n) is 18.6. The maximum atomic E-state index is 6.88. The first kappa shape index (κ1) is 37.4. The number of fused-ring (bicyclic) bond motifs is 16. The Morgan fingerprint density at radius 2 is 0.623 bits per heavy atom. The fraction of sp³-hybridized carbons (Fsp3) is 0. The molecule has 10 aromatic rings. The average Bonchev–Trinajstić information content (AvgIpc) is 3.40. The highest BCUT2D eigenvalue weighted by atomic mass is 28.3. The highest BCUT2D eigenvalue weighted by Gasteiger charge is 2.46. The average molecular weight is 899 g/mol. The van der Waals surface area contributed by atoms with Gasteiger partial charge in [-0.3, -0.25) is 0 Å². The van der Waals surface area contributed by atoms with Crippen LogP contribution in [0.1, 0.15) is 0 Å². The molecule has 10 aromatic carbocycles. The first-order chi connectivity index (χ1) is 34.2. The lowest BCUT2D eigenvalue weighted by Gasteiger charge is -2.59. The molecule has 0 unspecified atom stereocenters. The Bertz CT molecular complexity index is 3710. The molecule has 0 saturated heterocycles. The van der Waals surface area contributed by atoms with Gasteiger partial charge in [0.15, 0.2) is 0 Å². The second kappa shape index (κ2) is 13.7. The zero-order chi connectivity index (χ0) is 45.0. The molecule has 0 atom stereocenters. The van der Waals surface area contributed by atoms with Gasteiger partial charge in [0.05, 0.1) is 5.69 Å². The first-order valence-electron chi connectivity index (χ1n) is 23.6. The molecular weight excluding hydrogens is 862 g/mol. The van der Waals surface area contributed by atoms with Crippen molar-refractivity contribution in [1.82, 2.24) is 0 Å². The summed E-state index contributed by atoms with van der Waals surface area (Å²) in [6.45, 7) is -0.0506. The number of para-hydroxylation sites is 7. The van der Waals surface area contributed by atoms with E-state index in [-0.39, 0.29) is 13.4 Å². The van der Waals surface area contributed by atoms with Crippen LogP contribution in [0, 0.1) is 0 Å². The van der Waals surface area contributed by atoms with E-state index in [0.29, 0.717) is 0 Å². The summed E-state index contributed by atoms with van der Waals surface area (Å²) in [5.41, 5.74) is 13.4. The summed E-state index contributed by atoms with van der Waals surface area (Å²) < 4.78 is 27.0. The zero-order valence-corrected chi connectivity index (χ0v) is 38.0. The van der Waals surface area contributed by atoms with E-state index in [0.717, 1.165) is 102 Å². The Morgan fingerprint density at radius 3 is 1.10 bits per heavy atom. The minimum Gasteiger partial charge on any atom is -0.458 e. The first-order valence-corrected chi connectivity index (χ1v) is 25.6. The van der Waals surface area contributed by atoms with Crippen LogP contribution in [0.5, 0.6) is 46.0 Å². The van der Waals surface area contributed by atoms with Crippen LogP contribution in [0.2, 0.25) is 0 Å². The SMILES string of the molecule is c1ccc2c(c1)Oc1cc(N3c4ccccc4[Si-]4(c5ccccc53)c3ccccc3N(c3ccc5c(c3)B3c6ccccc6Oc6cccc(c63)O5)c3ccccc34)cc3c1B2c1ccccc1O3. The number of hydrogen-bond acceptors (Lipinski definition) is 6. The van der Waals surface area contributed by atoms with Gasteiger partial charge in [0.1, 0.15) is 46.0 Å². The van der Waals surface area contributed by atoms with Crippen LogP contribution in [0.25, 0.3) is 0 Å². The van der Waals surface area contributed by atoms with Gasteiger partial charge in [0.2, 0.25) is 0 Å². The highest BCUT2D eigenvalue weighted by molar-refractivity contribution is 7.23. The molecule has 6 aliphatic rings. The van der Waals surface area contributed by atoms with E-state index in [4.69, 9.17) is 18.9 Å². The summed E-state index contributed by atoms with van der Waals surface area (Å²) in [6.07, 6.45) is 0. The Kier molecular flexibility index (Phi) is 7.44. The minimum atomic E-state index is -3.08. The molecule has 6 heterocycles. The number of anilines is 6. The summed E-state index contributed by atoms with van der Waals surface area (Å²) in [5, 5.41) is 5.33. The monoisotopic (exact) mass is 898 g/mol. The van der Waals surface area contributed by atoms with E-state index in [2.05, 4.69) is 216 Å². The molecule has 0 bridgehead atoms. The smallest absolute Gasteiger partial charge is 0.260 e. The Morgan fingerprint density at radius 1 is 0.275 bits per heavy atom. The van der Waals surface area contributed by atoms with Crippen LogP contribution in [0.15, 0.2) is 218 Å². The minimum absolute atomic E-state index is 0.00263. The molecule has 0 fully saturated rings. The van der Waals surface area contributed by atoms with Gasteiger partial charge in [-0.1, -0.05) is 133 Å². The van der Waals surface area contributed by atoms with Gasteiger partial charge in [-0.05, 0) is 103 Å². The van der Waals surface area contributed by atoms with Crippen molar-refractivity contribution >= 4 is 109 Å². The molecule has 6 aliphatic heterocycles. The normalized spacial score (nSPS) is 14.8. The Labute approximate surface area is 400 Å². The van der Waals surface area contributed by atoms with Crippen molar-refractivity contribution in [2.24, 2.45) is 0 Å². The van der Waals surface area contributed by atoms with Crippen LogP contribution in [-0.4, -0.2) is 21.5 Å². The van der Waals surface area contributed by atoms with Gasteiger partial charge in [0, 0.05) is 51.5 Å². The molecule has 69 heavy (non-hydrogen) atoms. The van der Waals surface area contributed by atoms with Crippen molar-refractivity contribution in [3.63, 3.8) is 0 Å². The molecule has 321 valence electrons. The molecule has 0 aliphatic carbocycles. The number of nitrogens with zero attached hydrogens (tertiary/aromatic N) is 2. The maximum Gasteiger partial charge on any atom is 0.260 e. The quantitative estimate of drug-likeness (QED) is 0.164. The lowest BCUT2D eigenvalue weighted by atomic mass is 9.35. The number of ether oxygens (including phenoxy) is 4. The van der Waals surface area contributed by atoms with Crippen LogP contribution < -0.4 is 82.3 Å². The molecule has 0 saturated carbocycles. The van der Waals surface area contributed by atoms with Gasteiger partial charge in [0.25, 0.3) is 13.4 Å². The van der Waals surface area contributed by atoms with Crippen molar-refractivity contribution in [3.8, 4) is 46.0 Å². The van der Waals surface area contributed by atoms with Crippen LogP contribution >= 0.6 is 0 Å². The summed E-state index contributed by atoms with van der Waals surface area (Å²) in [7, 11) is -3.08. The molecule has 9 heteroatoms. The van der Waals surface area contributed by atoms with E-state index in [1.54, 1.807) is 0 Å². The summed E-state index contributed by atoms with van der Waals surface area (Å²) >= 11 is 0. The molecule has 1 spiro atoms. The zero-order valence-electron chi connectivity index (χ0n) is 37.0. The molecule has 0 aromatic heterocycles. The van der Waals surface area contributed by atoms with Gasteiger partial charge in [-0.25, -0.2) is 0 Å². The largest absolute Gasteiger partial charge is 0.458 e. The lowest BCUT2D eigenvalue weighted by Crippen LogP contribution is -2.79. The molecular formula is C60H36B2N2O4Si-. The molecule has 6 nitrogen and oxygen atoms in total. The molecule has 0 N–H and O–H groups in total. The van der Waals surface area contributed by atoms with E-state index in [1.165, 1.54) is 32.1 Å². The topological polar surface area (TPSA) is 43.4 Å². The fourth-order valence-corrected chi connectivity index (χ4v) is 18.1. The summed E-state index contributed by atoms with van der Waals surface area (Å²) in [5.74, 6) is 6.80. The van der Waals surface area contributed by atoms with E-state index < -0.39 is 8.07 Å². The second-order valence-corrected chi connectivity index (χ2v) is 22.3. The van der Waals surface area contributed by atoms with Crippen molar-refractivity contribution in [2.45, 2.75) is 0 Å². The van der Waals surface area contributed by atoms with Crippen molar-refractivity contribution < 1.29 is 18.9 Å². The Hall–Kier alpha value is -8.65. The lowest BCUT2D eigenvalue weighted by molar-refractivity contribution is 0.464. The van der Waals surface area contributed by atoms with E-state index in [9.17, 15) is 0 Å². The number of rotatable bonds is 2. The van der Waals surface area contributed by atoms with E-state index >= 15 is 0 Å². The van der Waals surface area contributed by atoms with Crippen LogP contribution in [0.3, 0.4) is 0 Å². The van der Waals surface area contributed by atoms with Crippen LogP contribution in [0.4, 0.5) is 34.1 Å². The Balaban J connectivity index is 0.897. The van der Waals surface area contributed by atoms with E-state index in [1.807, 2.05) is 12.1 Å². The third-order valence-electron chi connectivity index (χ3n) is 15.3. The standard InChI is InChI=1S/C60H36B2N2O4Si/c1-9-24-48-39(16-1)61-40-17-2-10-25-49(40)68-54-36-38(35-53(67-48)60(54)61)64-45-21-6-13-30-57(45)69(58-31-14-7-22-46(58)64)55-28-11-4-19-43(55)63(44-20-5-12-29-56(44)69)37-32-33-50-42(34-37)62-41-18-3-8-23-47(41)65-51-26-15-27-52(66-50)59(51)62/h1-36H/q-1. The number of benzene rings is 10. The van der Waals surface area contributed by atoms with Crippen molar-refractivity contribution in [1.29, 1.82) is 0 Å². The van der Waals surface area contributed by atoms with Gasteiger partial charge in [-0.15, -0.1) is 20.7 Å². The maximum absolute atomic E-state index is 6.88. The summed E-state index contributed by atoms with van der Waals surface area (Å²) in [4.78, 5) is 4.93. The van der Waals surface area contributed by atoms with Gasteiger partial charge in [-0.2, -0.15) is 0 Å². The van der Waals surface area contributed by atoms with Crippen molar-refractivity contribution in [3.05, 3.63) is 218 Å². The third kappa shape index (κ3) is 4.91. The van der Waals surface area contributed by atoms with Gasteiger partial charge < -0.3 is 28.7 Å². The van der Waals surface area contributed by atoms with Crippen molar-refractivity contribution in [2.75, 3.05) is 9.80 Å². The highest BCUT2D eigenvalue weighted by Crippen LogP contribution is 2.47. The van der Waals surface area contributed by atoms with Crippen LogP contribution in [-0.2, 0) is 0 Å². The molecule has 0 radical (unpaired) electrons. The fourth-order valence-electron chi connectivity index (χ4n) is 12.6. The summed E-state index contributed by atoms with van der Waals surface area (Å²) in [6, 6.07) is 79.0. The molecule has 0 amide bonds.